The van der Waals surface area contributed by atoms with E-state index in [1.165, 1.54) is 0 Å². The summed E-state index contributed by atoms with van der Waals surface area (Å²) in [6.07, 6.45) is 1.18. The summed E-state index contributed by atoms with van der Waals surface area (Å²) in [4.78, 5) is 16.3. The summed E-state index contributed by atoms with van der Waals surface area (Å²) in [6, 6.07) is 6.16. The van der Waals surface area contributed by atoms with Gasteiger partial charge >= 0.3 is 0 Å². The molecule has 1 aromatic heterocycles. The lowest BCUT2D eigenvalue weighted by Crippen LogP contribution is -2.36. The summed E-state index contributed by atoms with van der Waals surface area (Å²) < 4.78 is 5.81. The number of ether oxygens (including phenoxy) is 1. The summed E-state index contributed by atoms with van der Waals surface area (Å²) in [5.74, 6) is 0.685. The van der Waals surface area contributed by atoms with Crippen LogP contribution in [0.4, 0.5) is 5.69 Å². The zero-order valence-electron chi connectivity index (χ0n) is 14.3. The molecule has 0 unspecified atom stereocenters. The van der Waals surface area contributed by atoms with Gasteiger partial charge in [0, 0.05) is 24.4 Å². The van der Waals surface area contributed by atoms with Crippen LogP contribution in [0.25, 0.3) is 0 Å². The fourth-order valence-electron chi connectivity index (χ4n) is 2.76. The number of aromatic nitrogens is 1. The number of hydrogen-bond donors (Lipinski definition) is 2. The van der Waals surface area contributed by atoms with Crippen LogP contribution in [0.3, 0.4) is 0 Å². The van der Waals surface area contributed by atoms with Crippen molar-refractivity contribution in [3.63, 3.8) is 0 Å². The number of hydrogen-bond acceptors (Lipinski definition) is 5. The van der Waals surface area contributed by atoms with Gasteiger partial charge in [0.05, 0.1) is 16.4 Å². The SMILES string of the molecule is CC[C@H]1Oc2cc([C@H](C)NCCc3csc(C)n3)ccc2NC1=O. The van der Waals surface area contributed by atoms with Crippen LogP contribution < -0.4 is 15.4 Å². The molecule has 0 spiro atoms. The Hall–Kier alpha value is -1.92. The Morgan fingerprint density at radius 3 is 3.00 bits per heavy atom. The highest BCUT2D eigenvalue weighted by molar-refractivity contribution is 7.09. The van der Waals surface area contributed by atoms with Crippen molar-refractivity contribution in [1.82, 2.24) is 10.3 Å². The Bertz CT molecular complexity index is 729. The second-order valence-corrected chi connectivity index (χ2v) is 7.11. The number of amides is 1. The summed E-state index contributed by atoms with van der Waals surface area (Å²) in [6.45, 7) is 6.98. The third kappa shape index (κ3) is 3.76. The van der Waals surface area contributed by atoms with E-state index in [9.17, 15) is 4.79 Å². The Balaban J connectivity index is 1.61. The number of fused-ring (bicyclic) bond motifs is 1. The number of rotatable bonds is 6. The lowest BCUT2D eigenvalue weighted by Gasteiger charge is -2.26. The number of nitrogens with zero attached hydrogens (tertiary/aromatic N) is 1. The highest BCUT2D eigenvalue weighted by Gasteiger charge is 2.26. The maximum atomic E-state index is 11.8. The van der Waals surface area contributed by atoms with Crippen LogP contribution in [0.5, 0.6) is 5.75 Å². The number of anilines is 1. The fraction of sp³-hybridized carbons (Fsp3) is 0.444. The van der Waals surface area contributed by atoms with Crippen LogP contribution in [0.2, 0.25) is 0 Å². The highest BCUT2D eigenvalue weighted by Crippen LogP contribution is 2.32. The monoisotopic (exact) mass is 345 g/mol. The summed E-state index contributed by atoms with van der Waals surface area (Å²) in [5, 5.41) is 9.64. The first-order valence-electron chi connectivity index (χ1n) is 8.32. The third-order valence-electron chi connectivity index (χ3n) is 4.19. The van der Waals surface area contributed by atoms with Crippen molar-refractivity contribution < 1.29 is 9.53 Å². The molecule has 0 saturated heterocycles. The van der Waals surface area contributed by atoms with E-state index in [2.05, 4.69) is 27.9 Å². The normalized spacial score (nSPS) is 17.8. The molecule has 24 heavy (non-hydrogen) atoms. The standard InChI is InChI=1S/C18H23N3O2S/c1-4-16-18(22)21-15-6-5-13(9-17(15)23-16)11(2)19-8-7-14-10-24-12(3)20-14/h5-6,9-11,16,19H,4,7-8H2,1-3H3,(H,21,22)/t11-,16+/m0/s1. The summed E-state index contributed by atoms with van der Waals surface area (Å²) in [7, 11) is 0. The highest BCUT2D eigenvalue weighted by atomic mass is 32.1. The fourth-order valence-corrected chi connectivity index (χ4v) is 3.40. The van der Waals surface area contributed by atoms with E-state index < -0.39 is 6.10 Å². The number of benzene rings is 1. The van der Waals surface area contributed by atoms with Crippen LogP contribution in [0.1, 0.15) is 42.6 Å². The molecule has 1 amide bonds. The molecule has 0 radical (unpaired) electrons. The molecule has 1 aromatic carbocycles. The van der Waals surface area contributed by atoms with Crippen LogP contribution in [0.15, 0.2) is 23.6 Å². The minimum atomic E-state index is -0.399. The molecule has 2 heterocycles. The predicted molar refractivity (Wildman–Crippen MR) is 96.8 cm³/mol. The van der Waals surface area contributed by atoms with Crippen molar-refractivity contribution in [3.05, 3.63) is 39.8 Å². The van der Waals surface area contributed by atoms with Gasteiger partial charge in [-0.2, -0.15) is 0 Å². The van der Waals surface area contributed by atoms with Crippen LogP contribution >= 0.6 is 11.3 Å². The second kappa shape index (κ2) is 7.32. The van der Waals surface area contributed by atoms with Crippen molar-refractivity contribution in [1.29, 1.82) is 0 Å². The third-order valence-corrected chi connectivity index (χ3v) is 5.02. The van der Waals surface area contributed by atoms with E-state index in [0.717, 1.165) is 40.7 Å². The number of carbonyl (C=O) groups excluding carboxylic acids is 1. The molecule has 0 fully saturated rings. The largest absolute Gasteiger partial charge is 0.478 e. The second-order valence-electron chi connectivity index (χ2n) is 6.04. The van der Waals surface area contributed by atoms with Gasteiger partial charge < -0.3 is 15.4 Å². The molecule has 1 aliphatic heterocycles. The molecule has 128 valence electrons. The van der Waals surface area contributed by atoms with Gasteiger partial charge in [-0.1, -0.05) is 13.0 Å². The van der Waals surface area contributed by atoms with Gasteiger partial charge in [-0.15, -0.1) is 11.3 Å². The van der Waals surface area contributed by atoms with E-state index in [1.54, 1.807) is 11.3 Å². The van der Waals surface area contributed by atoms with E-state index in [1.807, 2.05) is 32.0 Å². The Morgan fingerprint density at radius 2 is 2.29 bits per heavy atom. The van der Waals surface area contributed by atoms with Crippen LogP contribution in [-0.2, 0) is 11.2 Å². The number of carbonyl (C=O) groups is 1. The van der Waals surface area contributed by atoms with Gasteiger partial charge in [0.25, 0.3) is 5.91 Å². The molecule has 2 N–H and O–H groups in total. The molecule has 0 bridgehead atoms. The quantitative estimate of drug-likeness (QED) is 0.842. The molecule has 5 nitrogen and oxygen atoms in total. The molecule has 3 rings (SSSR count). The van der Waals surface area contributed by atoms with Crippen molar-refractivity contribution >= 4 is 22.9 Å². The van der Waals surface area contributed by atoms with Crippen LogP contribution in [-0.4, -0.2) is 23.5 Å². The zero-order chi connectivity index (χ0) is 17.1. The minimum absolute atomic E-state index is 0.0671. The van der Waals surface area contributed by atoms with E-state index in [0.29, 0.717) is 6.42 Å². The maximum Gasteiger partial charge on any atom is 0.265 e. The Labute approximate surface area is 146 Å². The summed E-state index contributed by atoms with van der Waals surface area (Å²) in [5.41, 5.74) is 3.03. The van der Waals surface area contributed by atoms with Gasteiger partial charge in [-0.3, -0.25) is 4.79 Å². The van der Waals surface area contributed by atoms with Gasteiger partial charge in [0.1, 0.15) is 5.75 Å². The lowest BCUT2D eigenvalue weighted by molar-refractivity contribution is -0.123. The minimum Gasteiger partial charge on any atom is -0.478 e. The molecular weight excluding hydrogens is 322 g/mol. The van der Waals surface area contributed by atoms with Crippen molar-refractivity contribution in [2.75, 3.05) is 11.9 Å². The molecule has 2 aromatic rings. The summed E-state index contributed by atoms with van der Waals surface area (Å²) >= 11 is 1.69. The average molecular weight is 345 g/mol. The van der Waals surface area contributed by atoms with E-state index >= 15 is 0 Å². The van der Waals surface area contributed by atoms with Crippen molar-refractivity contribution in [2.24, 2.45) is 0 Å². The smallest absolute Gasteiger partial charge is 0.265 e. The van der Waals surface area contributed by atoms with Crippen molar-refractivity contribution in [3.8, 4) is 5.75 Å². The zero-order valence-corrected chi connectivity index (χ0v) is 15.1. The van der Waals surface area contributed by atoms with Gasteiger partial charge in [0.15, 0.2) is 6.10 Å². The first kappa shape index (κ1) is 16.9. The molecule has 6 heteroatoms. The average Bonchev–Trinajstić information content (AvgIpc) is 2.99. The predicted octanol–water partition coefficient (Wildman–Crippen LogP) is 3.45. The number of aryl methyl sites for hydroxylation is 1. The molecule has 2 atom stereocenters. The Morgan fingerprint density at radius 1 is 1.46 bits per heavy atom. The van der Waals surface area contributed by atoms with Gasteiger partial charge in [-0.05, 0) is 38.0 Å². The first-order valence-corrected chi connectivity index (χ1v) is 9.20. The molecular formula is C18H23N3O2S. The van der Waals surface area contributed by atoms with E-state index in [4.69, 9.17) is 4.74 Å². The first-order chi connectivity index (χ1) is 11.6. The van der Waals surface area contributed by atoms with Crippen LogP contribution in [0, 0.1) is 6.92 Å². The van der Waals surface area contributed by atoms with Gasteiger partial charge in [-0.25, -0.2) is 4.98 Å². The Kier molecular flexibility index (Phi) is 5.16. The maximum absolute atomic E-state index is 11.8. The molecule has 1 aliphatic rings. The lowest BCUT2D eigenvalue weighted by atomic mass is 10.1. The van der Waals surface area contributed by atoms with Crippen molar-refractivity contribution in [2.45, 2.75) is 45.8 Å². The number of thiazole rings is 1. The molecule has 0 saturated carbocycles. The number of nitrogens with one attached hydrogen (secondary N) is 2. The van der Waals surface area contributed by atoms with Gasteiger partial charge in [0.2, 0.25) is 0 Å². The topological polar surface area (TPSA) is 63.2 Å². The molecule has 0 aliphatic carbocycles. The van der Waals surface area contributed by atoms with E-state index in [-0.39, 0.29) is 11.9 Å².